The third-order valence-electron chi connectivity index (χ3n) is 3.09. The molecule has 0 aliphatic heterocycles. The van der Waals surface area contributed by atoms with Gasteiger partial charge in [-0.3, -0.25) is 9.59 Å². The van der Waals surface area contributed by atoms with Crippen LogP contribution in [0.5, 0.6) is 5.75 Å². The number of ketones is 2. The molecule has 1 aromatic carbocycles. The largest absolute Gasteiger partial charge is 0.497 e. The monoisotopic (exact) mass is 232 g/mol. The standard InChI is InChI=1S/C14H16O3/c1-17-14-4-2-3-10(8-14)5-11-6-12(15)9-13(16)7-11/h2-4,8,11H,5-7,9H2,1H3. The molecule has 0 unspecified atom stereocenters. The number of carbonyl (C=O) groups is 2. The predicted molar refractivity (Wildman–Crippen MR) is 64.1 cm³/mol. The number of benzene rings is 1. The molecule has 1 aliphatic carbocycles. The van der Waals surface area contributed by atoms with Crippen molar-refractivity contribution in [3.05, 3.63) is 29.8 Å². The smallest absolute Gasteiger partial charge is 0.140 e. The van der Waals surface area contributed by atoms with E-state index in [0.717, 1.165) is 17.7 Å². The molecule has 0 aromatic heterocycles. The lowest BCUT2D eigenvalue weighted by Gasteiger charge is -2.20. The lowest BCUT2D eigenvalue weighted by molar-refractivity contribution is -0.131. The Labute approximate surface area is 101 Å². The molecule has 0 atom stereocenters. The first-order valence-corrected chi connectivity index (χ1v) is 5.83. The number of ether oxygens (including phenoxy) is 1. The SMILES string of the molecule is COc1cccc(CC2CC(=O)CC(=O)C2)c1. The van der Waals surface area contributed by atoms with E-state index in [1.807, 2.05) is 24.3 Å². The topological polar surface area (TPSA) is 43.4 Å². The summed E-state index contributed by atoms with van der Waals surface area (Å²) in [5.74, 6) is 1.13. The van der Waals surface area contributed by atoms with Crippen LogP contribution in [0.25, 0.3) is 0 Å². The van der Waals surface area contributed by atoms with Gasteiger partial charge in [0, 0.05) is 12.8 Å². The summed E-state index contributed by atoms with van der Waals surface area (Å²) >= 11 is 0. The highest BCUT2D eigenvalue weighted by Crippen LogP contribution is 2.24. The summed E-state index contributed by atoms with van der Waals surface area (Å²) in [6.45, 7) is 0. The molecule has 0 amide bonds. The highest BCUT2D eigenvalue weighted by atomic mass is 16.5. The van der Waals surface area contributed by atoms with E-state index in [4.69, 9.17) is 4.74 Å². The van der Waals surface area contributed by atoms with Crippen LogP contribution in [0.1, 0.15) is 24.8 Å². The molecule has 0 saturated heterocycles. The van der Waals surface area contributed by atoms with Gasteiger partial charge in [0.05, 0.1) is 13.5 Å². The van der Waals surface area contributed by atoms with Crippen molar-refractivity contribution >= 4 is 11.6 Å². The minimum atomic E-state index is 0.0779. The molecule has 1 aliphatic rings. The summed E-state index contributed by atoms with van der Waals surface area (Å²) in [5, 5.41) is 0. The van der Waals surface area contributed by atoms with Gasteiger partial charge in [0.2, 0.25) is 0 Å². The molecule has 3 heteroatoms. The van der Waals surface area contributed by atoms with E-state index in [9.17, 15) is 9.59 Å². The molecule has 2 rings (SSSR count). The Kier molecular flexibility index (Phi) is 3.57. The van der Waals surface area contributed by atoms with E-state index in [-0.39, 0.29) is 23.9 Å². The van der Waals surface area contributed by atoms with E-state index in [1.54, 1.807) is 7.11 Å². The zero-order chi connectivity index (χ0) is 12.3. The van der Waals surface area contributed by atoms with Crippen LogP contribution in [-0.2, 0) is 16.0 Å². The fraction of sp³-hybridized carbons (Fsp3) is 0.429. The maximum Gasteiger partial charge on any atom is 0.140 e. The Morgan fingerprint density at radius 2 is 1.94 bits per heavy atom. The van der Waals surface area contributed by atoms with Gasteiger partial charge in [0.25, 0.3) is 0 Å². The summed E-state index contributed by atoms with van der Waals surface area (Å²) in [5.41, 5.74) is 1.12. The highest BCUT2D eigenvalue weighted by Gasteiger charge is 2.25. The van der Waals surface area contributed by atoms with Gasteiger partial charge in [-0.15, -0.1) is 0 Å². The molecule has 0 bridgehead atoms. The average Bonchev–Trinajstić information content (AvgIpc) is 2.28. The second-order valence-corrected chi connectivity index (χ2v) is 4.58. The lowest BCUT2D eigenvalue weighted by Crippen LogP contribution is -2.24. The number of carbonyl (C=O) groups excluding carboxylic acids is 2. The molecule has 3 nitrogen and oxygen atoms in total. The first-order valence-electron chi connectivity index (χ1n) is 5.83. The van der Waals surface area contributed by atoms with Crippen molar-refractivity contribution in [3.8, 4) is 5.75 Å². The normalized spacial score (nSPS) is 17.2. The third-order valence-corrected chi connectivity index (χ3v) is 3.09. The van der Waals surface area contributed by atoms with Crippen molar-refractivity contribution in [1.82, 2.24) is 0 Å². The van der Waals surface area contributed by atoms with Crippen molar-refractivity contribution in [2.75, 3.05) is 7.11 Å². The Morgan fingerprint density at radius 1 is 1.24 bits per heavy atom. The molecule has 0 N–H and O–H groups in total. The van der Waals surface area contributed by atoms with E-state index < -0.39 is 0 Å². The van der Waals surface area contributed by atoms with E-state index >= 15 is 0 Å². The summed E-state index contributed by atoms with van der Waals surface area (Å²) in [6, 6.07) is 7.79. The molecule has 1 saturated carbocycles. The van der Waals surface area contributed by atoms with E-state index in [2.05, 4.69) is 0 Å². The van der Waals surface area contributed by atoms with Gasteiger partial charge < -0.3 is 4.74 Å². The minimum Gasteiger partial charge on any atom is -0.497 e. The highest BCUT2D eigenvalue weighted by molar-refractivity contribution is 6.01. The van der Waals surface area contributed by atoms with Gasteiger partial charge in [0.15, 0.2) is 0 Å². The number of rotatable bonds is 3. The van der Waals surface area contributed by atoms with Crippen LogP contribution in [0, 0.1) is 5.92 Å². The Hall–Kier alpha value is -1.64. The fourth-order valence-electron chi connectivity index (χ4n) is 2.36. The summed E-state index contributed by atoms with van der Waals surface area (Å²) in [6.07, 6.45) is 1.97. The zero-order valence-electron chi connectivity index (χ0n) is 9.94. The Balaban J connectivity index is 2.04. The van der Waals surface area contributed by atoms with Gasteiger partial charge in [-0.25, -0.2) is 0 Å². The van der Waals surface area contributed by atoms with E-state index in [1.165, 1.54) is 0 Å². The van der Waals surface area contributed by atoms with Crippen molar-refractivity contribution in [2.45, 2.75) is 25.7 Å². The molecule has 0 heterocycles. The van der Waals surface area contributed by atoms with Gasteiger partial charge in [-0.05, 0) is 30.0 Å². The molecular formula is C14H16O3. The third kappa shape index (κ3) is 3.16. The van der Waals surface area contributed by atoms with E-state index in [0.29, 0.717) is 12.8 Å². The molecule has 1 aromatic rings. The summed E-state index contributed by atoms with van der Waals surface area (Å²) in [7, 11) is 1.63. The van der Waals surface area contributed by atoms with Crippen LogP contribution >= 0.6 is 0 Å². The number of methoxy groups -OCH3 is 1. The van der Waals surface area contributed by atoms with Crippen LogP contribution in [0.2, 0.25) is 0 Å². The lowest BCUT2D eigenvalue weighted by atomic mass is 9.83. The second kappa shape index (κ2) is 5.13. The van der Waals surface area contributed by atoms with Gasteiger partial charge >= 0.3 is 0 Å². The fourth-order valence-corrected chi connectivity index (χ4v) is 2.36. The molecule has 17 heavy (non-hydrogen) atoms. The van der Waals surface area contributed by atoms with Gasteiger partial charge in [-0.2, -0.15) is 0 Å². The quantitative estimate of drug-likeness (QED) is 0.750. The average molecular weight is 232 g/mol. The van der Waals surface area contributed by atoms with Crippen LogP contribution in [-0.4, -0.2) is 18.7 Å². The first-order chi connectivity index (χ1) is 8.17. The maximum atomic E-state index is 11.4. The van der Waals surface area contributed by atoms with Crippen molar-refractivity contribution in [2.24, 2.45) is 5.92 Å². The zero-order valence-corrected chi connectivity index (χ0v) is 9.94. The molecular weight excluding hydrogens is 216 g/mol. The number of hydrogen-bond donors (Lipinski definition) is 0. The molecule has 0 spiro atoms. The predicted octanol–water partition coefficient (Wildman–Crippen LogP) is 2.18. The van der Waals surface area contributed by atoms with Crippen LogP contribution < -0.4 is 4.74 Å². The molecule has 90 valence electrons. The summed E-state index contributed by atoms with van der Waals surface area (Å²) < 4.78 is 5.15. The van der Waals surface area contributed by atoms with Gasteiger partial charge in [0.1, 0.15) is 17.3 Å². The minimum absolute atomic E-state index is 0.0779. The number of Topliss-reactive ketones (excluding diaryl/α,β-unsaturated/α-hetero) is 2. The maximum absolute atomic E-state index is 11.4. The molecule has 0 radical (unpaired) electrons. The Bertz CT molecular complexity index is 421. The Morgan fingerprint density at radius 3 is 2.59 bits per heavy atom. The van der Waals surface area contributed by atoms with Crippen molar-refractivity contribution in [3.63, 3.8) is 0 Å². The van der Waals surface area contributed by atoms with Crippen LogP contribution in [0.4, 0.5) is 0 Å². The van der Waals surface area contributed by atoms with Gasteiger partial charge in [-0.1, -0.05) is 12.1 Å². The van der Waals surface area contributed by atoms with Crippen LogP contribution in [0.3, 0.4) is 0 Å². The first kappa shape index (κ1) is 11.8. The summed E-state index contributed by atoms with van der Waals surface area (Å²) in [4.78, 5) is 22.7. The molecule has 1 fully saturated rings. The number of hydrogen-bond acceptors (Lipinski definition) is 3. The van der Waals surface area contributed by atoms with Crippen molar-refractivity contribution in [1.29, 1.82) is 0 Å². The second-order valence-electron chi connectivity index (χ2n) is 4.58. The van der Waals surface area contributed by atoms with Crippen molar-refractivity contribution < 1.29 is 14.3 Å². The van der Waals surface area contributed by atoms with Crippen LogP contribution in [0.15, 0.2) is 24.3 Å².